The quantitative estimate of drug-likeness (QED) is 0.421. The third-order valence-electron chi connectivity index (χ3n) is 2.70. The van der Waals surface area contributed by atoms with Gasteiger partial charge < -0.3 is 9.73 Å². The third kappa shape index (κ3) is 3.19. The molecule has 0 aliphatic heterocycles. The van der Waals surface area contributed by atoms with Gasteiger partial charge in [-0.2, -0.15) is 9.71 Å². The van der Waals surface area contributed by atoms with Crippen molar-refractivity contribution in [2.45, 2.75) is 10.8 Å². The fourth-order valence-corrected chi connectivity index (χ4v) is 2.44. The van der Waals surface area contributed by atoms with Gasteiger partial charge in [-0.25, -0.2) is 4.39 Å². The molecule has 5 nitrogen and oxygen atoms in total. The molecule has 0 amide bonds. The summed E-state index contributed by atoms with van der Waals surface area (Å²) in [5.74, 6) is 0.874. The Hall–Kier alpha value is -2.41. The van der Waals surface area contributed by atoms with E-state index in [0.717, 1.165) is 4.73 Å². The molecular formula is C14H10FN3O2S. The van der Waals surface area contributed by atoms with E-state index < -0.39 is 0 Å². The van der Waals surface area contributed by atoms with Crippen LogP contribution in [0.1, 0.15) is 5.89 Å². The standard InChI is InChI=1S/C14H10FN3O2S/c15-11-6-4-10(5-7-11)14-16-12(20-17-14)9-21-13-3-1-2-8-18(13)19/h1-8H,9H2. The molecule has 0 fully saturated rings. The first-order valence-electron chi connectivity index (χ1n) is 6.12. The molecule has 0 spiro atoms. The van der Waals surface area contributed by atoms with E-state index in [4.69, 9.17) is 4.52 Å². The Morgan fingerprint density at radius 1 is 1.19 bits per heavy atom. The molecule has 0 radical (unpaired) electrons. The van der Waals surface area contributed by atoms with E-state index in [2.05, 4.69) is 10.1 Å². The molecule has 3 aromatic rings. The zero-order chi connectivity index (χ0) is 14.7. The number of nitrogens with zero attached hydrogens (tertiary/aromatic N) is 3. The molecule has 0 bridgehead atoms. The predicted octanol–water partition coefficient (Wildman–Crippen LogP) is 2.80. The average molecular weight is 303 g/mol. The summed E-state index contributed by atoms with van der Waals surface area (Å²) in [7, 11) is 0. The van der Waals surface area contributed by atoms with Crippen LogP contribution < -0.4 is 4.73 Å². The third-order valence-corrected chi connectivity index (χ3v) is 3.71. The van der Waals surface area contributed by atoms with Crippen LogP contribution in [0.3, 0.4) is 0 Å². The second-order valence-corrected chi connectivity index (χ2v) is 5.17. The van der Waals surface area contributed by atoms with Gasteiger partial charge >= 0.3 is 0 Å². The van der Waals surface area contributed by atoms with Crippen molar-refractivity contribution in [1.82, 2.24) is 10.1 Å². The maximum Gasteiger partial charge on any atom is 0.251 e. The number of thioether (sulfide) groups is 1. The van der Waals surface area contributed by atoms with Gasteiger partial charge in [0.15, 0.2) is 6.20 Å². The van der Waals surface area contributed by atoms with E-state index in [1.165, 1.54) is 30.1 Å². The van der Waals surface area contributed by atoms with Crippen LogP contribution in [0.15, 0.2) is 58.2 Å². The van der Waals surface area contributed by atoms with Crippen LogP contribution in [-0.2, 0) is 5.75 Å². The van der Waals surface area contributed by atoms with Gasteiger partial charge in [0, 0.05) is 17.7 Å². The number of aromatic nitrogens is 3. The molecule has 0 unspecified atom stereocenters. The second kappa shape index (κ2) is 5.92. The minimum atomic E-state index is -0.317. The molecule has 0 atom stereocenters. The lowest BCUT2D eigenvalue weighted by Gasteiger charge is -2.00. The highest BCUT2D eigenvalue weighted by atomic mass is 32.2. The fraction of sp³-hybridized carbons (Fsp3) is 0.0714. The first kappa shape index (κ1) is 13.6. The molecule has 0 aliphatic carbocycles. The summed E-state index contributed by atoms with van der Waals surface area (Å²) in [6.45, 7) is 0. The first-order valence-corrected chi connectivity index (χ1v) is 7.10. The lowest BCUT2D eigenvalue weighted by Crippen LogP contribution is -2.27. The van der Waals surface area contributed by atoms with E-state index in [-0.39, 0.29) is 5.82 Å². The maximum atomic E-state index is 12.9. The van der Waals surface area contributed by atoms with Crippen LogP contribution in [0.4, 0.5) is 4.39 Å². The van der Waals surface area contributed by atoms with E-state index in [1.54, 1.807) is 30.3 Å². The number of halogens is 1. The topological polar surface area (TPSA) is 65.9 Å². The largest absolute Gasteiger partial charge is 0.618 e. The van der Waals surface area contributed by atoms with Crippen molar-refractivity contribution in [3.8, 4) is 11.4 Å². The normalized spacial score (nSPS) is 10.7. The lowest BCUT2D eigenvalue weighted by molar-refractivity contribution is -0.645. The number of benzene rings is 1. The number of rotatable bonds is 4. The Balaban J connectivity index is 1.71. The smallest absolute Gasteiger partial charge is 0.251 e. The Bertz CT molecular complexity index is 746. The number of pyridine rings is 1. The van der Waals surface area contributed by atoms with Crippen LogP contribution in [0.25, 0.3) is 11.4 Å². The average Bonchev–Trinajstić information content (AvgIpc) is 2.96. The van der Waals surface area contributed by atoms with Crippen molar-refractivity contribution in [2.24, 2.45) is 0 Å². The van der Waals surface area contributed by atoms with Gasteiger partial charge in [-0.3, -0.25) is 0 Å². The van der Waals surface area contributed by atoms with E-state index in [9.17, 15) is 9.60 Å². The summed E-state index contributed by atoms with van der Waals surface area (Å²) >= 11 is 1.31. The fourth-order valence-electron chi connectivity index (χ4n) is 1.69. The number of hydrogen-bond acceptors (Lipinski definition) is 5. The molecule has 21 heavy (non-hydrogen) atoms. The van der Waals surface area contributed by atoms with Gasteiger partial charge in [0.2, 0.25) is 11.7 Å². The van der Waals surface area contributed by atoms with Crippen LogP contribution in [-0.4, -0.2) is 10.1 Å². The van der Waals surface area contributed by atoms with Gasteiger partial charge in [0.1, 0.15) is 5.82 Å². The van der Waals surface area contributed by atoms with Crippen molar-refractivity contribution >= 4 is 11.8 Å². The van der Waals surface area contributed by atoms with Gasteiger partial charge in [0.05, 0.1) is 5.75 Å². The van der Waals surface area contributed by atoms with Gasteiger partial charge in [-0.1, -0.05) is 5.16 Å². The molecule has 0 saturated carbocycles. The Morgan fingerprint density at radius 2 is 2.00 bits per heavy atom. The minimum Gasteiger partial charge on any atom is -0.618 e. The highest BCUT2D eigenvalue weighted by Crippen LogP contribution is 2.21. The predicted molar refractivity (Wildman–Crippen MR) is 74.7 cm³/mol. The molecule has 1 aromatic carbocycles. The summed E-state index contributed by atoms with van der Waals surface area (Å²) in [6, 6.07) is 11.0. The zero-order valence-corrected chi connectivity index (χ0v) is 11.6. The molecule has 2 aromatic heterocycles. The Morgan fingerprint density at radius 3 is 2.76 bits per heavy atom. The van der Waals surface area contributed by atoms with E-state index in [1.807, 2.05) is 0 Å². The SMILES string of the molecule is [O-][n+]1ccccc1SCc1nc(-c2ccc(F)cc2)no1. The highest BCUT2D eigenvalue weighted by molar-refractivity contribution is 7.98. The van der Waals surface area contributed by atoms with Gasteiger partial charge in [0.25, 0.3) is 5.03 Å². The van der Waals surface area contributed by atoms with Crippen molar-refractivity contribution in [2.75, 3.05) is 0 Å². The molecule has 0 saturated heterocycles. The lowest BCUT2D eigenvalue weighted by atomic mass is 10.2. The van der Waals surface area contributed by atoms with Crippen LogP contribution in [0, 0.1) is 11.0 Å². The number of hydrogen-bond donors (Lipinski definition) is 0. The van der Waals surface area contributed by atoms with Crippen LogP contribution in [0.5, 0.6) is 0 Å². The highest BCUT2D eigenvalue weighted by Gasteiger charge is 2.11. The van der Waals surface area contributed by atoms with Crippen LogP contribution in [0.2, 0.25) is 0 Å². The van der Waals surface area contributed by atoms with Crippen molar-refractivity contribution in [1.29, 1.82) is 0 Å². The molecule has 3 rings (SSSR count). The Kier molecular flexibility index (Phi) is 3.83. The van der Waals surface area contributed by atoms with E-state index in [0.29, 0.717) is 28.1 Å². The molecule has 0 N–H and O–H groups in total. The zero-order valence-electron chi connectivity index (χ0n) is 10.8. The van der Waals surface area contributed by atoms with Gasteiger partial charge in [-0.15, -0.1) is 0 Å². The van der Waals surface area contributed by atoms with Crippen molar-refractivity contribution < 1.29 is 13.6 Å². The summed E-state index contributed by atoms with van der Waals surface area (Å²) in [4.78, 5) is 4.22. The Labute approximate surface area is 124 Å². The summed E-state index contributed by atoms with van der Waals surface area (Å²) in [5.41, 5.74) is 0.676. The monoisotopic (exact) mass is 303 g/mol. The van der Waals surface area contributed by atoms with E-state index >= 15 is 0 Å². The molecule has 106 valence electrons. The maximum absolute atomic E-state index is 12.9. The molecule has 0 aliphatic rings. The van der Waals surface area contributed by atoms with Gasteiger partial charge in [-0.05, 0) is 42.1 Å². The molecule has 2 heterocycles. The summed E-state index contributed by atoms with van der Waals surface area (Å²) < 4.78 is 18.8. The summed E-state index contributed by atoms with van der Waals surface area (Å²) in [5, 5.41) is 15.9. The van der Waals surface area contributed by atoms with Crippen LogP contribution >= 0.6 is 11.8 Å². The van der Waals surface area contributed by atoms with Crippen molar-refractivity contribution in [3.63, 3.8) is 0 Å². The molecular weight excluding hydrogens is 293 g/mol. The van der Waals surface area contributed by atoms with Crippen molar-refractivity contribution in [3.05, 3.63) is 65.6 Å². The first-order chi connectivity index (χ1) is 10.2. The second-order valence-electron chi connectivity index (χ2n) is 4.17. The summed E-state index contributed by atoms with van der Waals surface area (Å²) in [6.07, 6.45) is 1.43. The minimum absolute atomic E-state index is 0.317. The molecule has 7 heteroatoms.